The Morgan fingerprint density at radius 2 is 2.04 bits per heavy atom. The number of amides is 1. The molecular formula is C18H18FN5O3. The number of hydrogen-bond donors (Lipinski definition) is 3. The summed E-state index contributed by atoms with van der Waals surface area (Å²) in [5, 5.41) is 25.9. The minimum Gasteiger partial charge on any atom is -0.481 e. The van der Waals surface area contributed by atoms with Crippen molar-refractivity contribution >= 4 is 23.4 Å². The lowest BCUT2D eigenvalue weighted by Gasteiger charge is -2.30. The van der Waals surface area contributed by atoms with Crippen LogP contribution in [0.4, 0.5) is 15.9 Å². The van der Waals surface area contributed by atoms with Gasteiger partial charge in [-0.1, -0.05) is 0 Å². The molecule has 2 aromatic rings. The second-order valence-electron chi connectivity index (χ2n) is 6.52. The largest absolute Gasteiger partial charge is 0.481 e. The number of aromatic nitrogens is 2. The lowest BCUT2D eigenvalue weighted by atomic mass is 9.79. The molecule has 4 N–H and O–H groups in total. The summed E-state index contributed by atoms with van der Waals surface area (Å²) in [6, 6.07) is 7.32. The van der Waals surface area contributed by atoms with Crippen LogP contribution in [0.2, 0.25) is 0 Å². The number of benzene rings is 1. The van der Waals surface area contributed by atoms with Crippen LogP contribution in [-0.2, 0) is 4.79 Å². The van der Waals surface area contributed by atoms with Gasteiger partial charge >= 0.3 is 5.97 Å². The highest BCUT2D eigenvalue weighted by Crippen LogP contribution is 2.37. The smallest absolute Gasteiger partial charge is 0.306 e. The molecular weight excluding hydrogens is 353 g/mol. The Morgan fingerprint density at radius 1 is 1.33 bits per heavy atom. The highest BCUT2D eigenvalue weighted by atomic mass is 19.1. The van der Waals surface area contributed by atoms with Crippen LogP contribution in [0, 0.1) is 29.0 Å². The Hall–Kier alpha value is -3.41. The molecule has 1 saturated carbocycles. The van der Waals surface area contributed by atoms with E-state index < -0.39 is 29.5 Å². The topological polar surface area (TPSA) is 134 Å². The Labute approximate surface area is 154 Å². The van der Waals surface area contributed by atoms with E-state index in [1.54, 1.807) is 0 Å². The van der Waals surface area contributed by atoms with E-state index in [9.17, 15) is 24.3 Å². The van der Waals surface area contributed by atoms with Crippen LogP contribution >= 0.6 is 0 Å². The molecule has 1 aromatic carbocycles. The summed E-state index contributed by atoms with van der Waals surface area (Å²) in [6.45, 7) is 0. The van der Waals surface area contributed by atoms with Gasteiger partial charge in [-0.25, -0.2) is 4.39 Å². The van der Waals surface area contributed by atoms with E-state index in [0.717, 1.165) is 0 Å². The average molecular weight is 371 g/mol. The van der Waals surface area contributed by atoms with E-state index in [1.165, 1.54) is 35.1 Å². The number of hydrogen-bond acceptors (Lipinski definition) is 5. The Morgan fingerprint density at radius 3 is 2.63 bits per heavy atom. The quantitative estimate of drug-likeness (QED) is 0.739. The van der Waals surface area contributed by atoms with E-state index in [-0.39, 0.29) is 23.8 Å². The van der Waals surface area contributed by atoms with Crippen LogP contribution in [0.15, 0.2) is 30.5 Å². The normalized spacial score (nSPS) is 22.0. The van der Waals surface area contributed by atoms with E-state index in [1.807, 2.05) is 0 Å². The predicted molar refractivity (Wildman–Crippen MR) is 93.5 cm³/mol. The minimum absolute atomic E-state index is 0.136. The third-order valence-corrected chi connectivity index (χ3v) is 4.77. The highest BCUT2D eigenvalue weighted by Gasteiger charge is 2.36. The molecule has 0 aliphatic heterocycles. The van der Waals surface area contributed by atoms with Crippen molar-refractivity contribution in [1.82, 2.24) is 9.78 Å². The van der Waals surface area contributed by atoms with Gasteiger partial charge in [0.2, 0.25) is 0 Å². The Kier molecular flexibility index (Phi) is 5.07. The van der Waals surface area contributed by atoms with Gasteiger partial charge in [0.25, 0.3) is 5.91 Å². The fourth-order valence-corrected chi connectivity index (χ4v) is 3.34. The summed E-state index contributed by atoms with van der Waals surface area (Å²) in [4.78, 5) is 23.0. The number of carboxylic acids is 1. The third-order valence-electron chi connectivity index (χ3n) is 4.77. The van der Waals surface area contributed by atoms with Gasteiger partial charge in [0.05, 0.1) is 23.9 Å². The molecule has 27 heavy (non-hydrogen) atoms. The fraction of sp³-hybridized carbons (Fsp3) is 0.333. The Bertz CT molecular complexity index is 903. The van der Waals surface area contributed by atoms with Crippen molar-refractivity contribution in [3.63, 3.8) is 0 Å². The number of nitrogens with two attached hydrogens (primary N) is 1. The van der Waals surface area contributed by atoms with Gasteiger partial charge in [-0.3, -0.25) is 14.3 Å². The fourth-order valence-electron chi connectivity index (χ4n) is 3.34. The first-order valence-electron chi connectivity index (χ1n) is 8.43. The average Bonchev–Trinajstić information content (AvgIpc) is 3.07. The summed E-state index contributed by atoms with van der Waals surface area (Å²) >= 11 is 0. The number of aliphatic carboxylic acids is 1. The number of primary amides is 1. The van der Waals surface area contributed by atoms with Crippen LogP contribution < -0.4 is 11.1 Å². The van der Waals surface area contributed by atoms with Crippen LogP contribution in [0.5, 0.6) is 0 Å². The summed E-state index contributed by atoms with van der Waals surface area (Å²) in [5.74, 6) is -2.91. The zero-order valence-corrected chi connectivity index (χ0v) is 14.3. The first-order valence-corrected chi connectivity index (χ1v) is 8.43. The van der Waals surface area contributed by atoms with Crippen molar-refractivity contribution in [2.24, 2.45) is 17.6 Å². The molecule has 3 atom stereocenters. The molecule has 9 heteroatoms. The number of anilines is 2. The van der Waals surface area contributed by atoms with E-state index >= 15 is 0 Å². The van der Waals surface area contributed by atoms with Gasteiger partial charge in [0.15, 0.2) is 5.82 Å². The molecule has 3 rings (SSSR count). The first-order chi connectivity index (χ1) is 12.9. The molecule has 1 heterocycles. The minimum atomic E-state index is -0.911. The molecule has 1 aromatic heterocycles. The van der Waals surface area contributed by atoms with Gasteiger partial charge in [0, 0.05) is 11.9 Å². The molecule has 0 unspecified atom stereocenters. The van der Waals surface area contributed by atoms with Gasteiger partial charge < -0.3 is 16.2 Å². The molecule has 0 spiro atoms. The predicted octanol–water partition coefficient (Wildman–Crippen LogP) is 2.43. The van der Waals surface area contributed by atoms with Crippen LogP contribution in [0.25, 0.3) is 0 Å². The molecule has 1 aliphatic rings. The van der Waals surface area contributed by atoms with Gasteiger partial charge in [-0.05, 0) is 43.5 Å². The third kappa shape index (κ3) is 3.89. The molecule has 0 radical (unpaired) electrons. The van der Waals surface area contributed by atoms with Gasteiger partial charge in [-0.2, -0.15) is 10.4 Å². The van der Waals surface area contributed by atoms with Gasteiger partial charge in [-0.15, -0.1) is 0 Å². The number of carboxylic acid groups (broad SMARTS) is 1. The van der Waals surface area contributed by atoms with Crippen LogP contribution in [0.3, 0.4) is 0 Å². The molecule has 8 nitrogen and oxygen atoms in total. The number of nitrogens with zero attached hydrogens (tertiary/aromatic N) is 3. The molecule has 1 amide bonds. The zero-order valence-electron chi connectivity index (χ0n) is 14.3. The molecule has 140 valence electrons. The zero-order chi connectivity index (χ0) is 19.6. The monoisotopic (exact) mass is 371 g/mol. The second kappa shape index (κ2) is 7.45. The molecule has 1 aliphatic carbocycles. The number of carbonyl (C=O) groups excluding carboxylic acids is 1. The van der Waals surface area contributed by atoms with E-state index in [0.29, 0.717) is 18.5 Å². The number of halogens is 1. The maximum absolute atomic E-state index is 13.1. The molecule has 0 saturated heterocycles. The lowest BCUT2D eigenvalue weighted by molar-refractivity contribution is -0.143. The van der Waals surface area contributed by atoms with Crippen molar-refractivity contribution in [1.29, 1.82) is 5.26 Å². The maximum Gasteiger partial charge on any atom is 0.306 e. The maximum atomic E-state index is 13.1. The van der Waals surface area contributed by atoms with Crippen LogP contribution in [0.1, 0.15) is 35.7 Å². The van der Waals surface area contributed by atoms with Crippen molar-refractivity contribution in [3.8, 4) is 6.07 Å². The summed E-state index contributed by atoms with van der Waals surface area (Å²) in [6.07, 6.45) is 2.56. The summed E-state index contributed by atoms with van der Waals surface area (Å²) in [7, 11) is 0. The summed E-state index contributed by atoms with van der Waals surface area (Å²) in [5.41, 5.74) is 6.09. The number of nitrogens with one attached hydrogen (secondary N) is 1. The van der Waals surface area contributed by atoms with Gasteiger partial charge in [0.1, 0.15) is 11.4 Å². The molecule has 0 bridgehead atoms. The lowest BCUT2D eigenvalue weighted by Crippen LogP contribution is -2.30. The SMILES string of the molecule is N#C[C@@H]1C[C@H](C(=O)O)CC[C@H]1n1cc(C(N)=O)c(Nc2ccc(F)cc2)n1. The highest BCUT2D eigenvalue weighted by molar-refractivity contribution is 5.98. The standard InChI is InChI=1S/C18H18FN5O3/c19-12-2-4-13(5-3-12)22-17-14(16(21)25)9-24(23-17)15-6-1-10(18(26)27)7-11(15)8-20/h2-5,9-11,15H,1,6-7H2,(H2,21,25)(H,22,23)(H,26,27)/t10-,11+,15-/m1/s1. The molecule has 1 fully saturated rings. The summed E-state index contributed by atoms with van der Waals surface area (Å²) < 4.78 is 14.6. The van der Waals surface area contributed by atoms with E-state index in [4.69, 9.17) is 5.73 Å². The van der Waals surface area contributed by atoms with Crippen molar-refractivity contribution in [2.45, 2.75) is 25.3 Å². The number of carbonyl (C=O) groups is 2. The first kappa shape index (κ1) is 18.4. The Balaban J connectivity index is 1.88. The van der Waals surface area contributed by atoms with Crippen molar-refractivity contribution in [2.75, 3.05) is 5.32 Å². The van der Waals surface area contributed by atoms with Crippen LogP contribution in [-0.4, -0.2) is 26.8 Å². The van der Waals surface area contributed by atoms with Crippen molar-refractivity contribution < 1.29 is 19.1 Å². The number of rotatable bonds is 5. The van der Waals surface area contributed by atoms with Crippen molar-refractivity contribution in [3.05, 3.63) is 41.8 Å². The van der Waals surface area contributed by atoms with E-state index in [2.05, 4.69) is 16.5 Å². The second-order valence-corrected chi connectivity index (χ2v) is 6.52. The number of nitriles is 1.